The number of nitrogens with zero attached hydrogens (tertiary/aromatic N) is 1. The third-order valence-corrected chi connectivity index (χ3v) is 4.09. The summed E-state index contributed by atoms with van der Waals surface area (Å²) in [4.78, 5) is 13.6. The van der Waals surface area contributed by atoms with Gasteiger partial charge in [-0.25, -0.2) is 8.78 Å². The van der Waals surface area contributed by atoms with E-state index in [4.69, 9.17) is 10.8 Å². The van der Waals surface area contributed by atoms with Gasteiger partial charge in [0.05, 0.1) is 11.4 Å². The number of hydrogen-bond acceptors (Lipinski definition) is 3. The van der Waals surface area contributed by atoms with Gasteiger partial charge in [-0.15, -0.1) is 0 Å². The molecule has 1 saturated heterocycles. The maximum atomic E-state index is 13.7. The molecule has 2 rings (SSSR count). The van der Waals surface area contributed by atoms with Gasteiger partial charge in [-0.2, -0.15) is 0 Å². The highest BCUT2D eigenvalue weighted by Crippen LogP contribution is 2.33. The number of rotatable bonds is 4. The Hall–Kier alpha value is -2.37. The summed E-state index contributed by atoms with van der Waals surface area (Å²) >= 11 is 0. The van der Waals surface area contributed by atoms with Crippen LogP contribution in [0.25, 0.3) is 0 Å². The minimum Gasteiger partial charge on any atom is -0.310 e. The average Bonchev–Trinajstić information content (AvgIpc) is 2.73. The molecule has 24 heavy (non-hydrogen) atoms. The maximum Gasteiger partial charge on any atom is 0.226 e. The first-order chi connectivity index (χ1) is 11.2. The first-order valence-corrected chi connectivity index (χ1v) is 7.78. The lowest BCUT2D eigenvalue weighted by Gasteiger charge is -2.18. The largest absolute Gasteiger partial charge is 0.310 e. The van der Waals surface area contributed by atoms with Gasteiger partial charge >= 0.3 is 0 Å². The van der Waals surface area contributed by atoms with Gasteiger partial charge < -0.3 is 15.7 Å². The molecule has 2 N–H and O–H groups in total. The van der Waals surface area contributed by atoms with Crippen molar-refractivity contribution in [2.24, 2.45) is 5.41 Å². The lowest BCUT2D eigenvalue weighted by molar-refractivity contribution is -0.128. The number of halogens is 2. The molecule has 1 aromatic rings. The first-order valence-electron chi connectivity index (χ1n) is 7.78. The lowest BCUT2D eigenvalue weighted by atomic mass is 9.89. The molecule has 0 bridgehead atoms. The van der Waals surface area contributed by atoms with E-state index < -0.39 is 17.0 Å². The molecule has 0 unspecified atom stereocenters. The van der Waals surface area contributed by atoms with Gasteiger partial charge in [0.1, 0.15) is 11.6 Å². The molecule has 0 spiro atoms. The Morgan fingerprint density at radius 2 is 2.04 bits per heavy atom. The van der Waals surface area contributed by atoms with Crippen molar-refractivity contribution < 1.29 is 13.6 Å². The summed E-state index contributed by atoms with van der Waals surface area (Å²) in [7, 11) is 0. The van der Waals surface area contributed by atoms with E-state index in [2.05, 4.69) is 0 Å². The number of hydrogen-bond donors (Lipinski definition) is 2. The van der Waals surface area contributed by atoms with Gasteiger partial charge in [-0.3, -0.25) is 4.79 Å². The Balaban J connectivity index is 2.28. The summed E-state index contributed by atoms with van der Waals surface area (Å²) in [5.41, 5.74) is 0.452. The molecular weight excluding hydrogens is 312 g/mol. The predicted molar refractivity (Wildman–Crippen MR) is 89.4 cm³/mol. The van der Waals surface area contributed by atoms with Crippen LogP contribution >= 0.6 is 0 Å². The van der Waals surface area contributed by atoms with Gasteiger partial charge in [-0.05, 0) is 17.7 Å². The van der Waals surface area contributed by atoms with E-state index in [1.807, 2.05) is 13.8 Å². The second kappa shape index (κ2) is 6.63. The zero-order valence-electron chi connectivity index (χ0n) is 14.0. The van der Waals surface area contributed by atoms with E-state index >= 15 is 0 Å². The van der Waals surface area contributed by atoms with Crippen LogP contribution in [0.2, 0.25) is 0 Å². The van der Waals surface area contributed by atoms with Crippen LogP contribution in [0.1, 0.15) is 32.8 Å². The summed E-state index contributed by atoms with van der Waals surface area (Å²) in [6.45, 7) is 5.88. The van der Waals surface area contributed by atoms with Crippen molar-refractivity contribution in [2.75, 3.05) is 6.54 Å². The molecular formula is C18H21F2N3O. The van der Waals surface area contributed by atoms with Crippen molar-refractivity contribution in [3.05, 3.63) is 47.2 Å². The SMILES string of the molecule is CCC(=O)N1CC(C)(C)C(=N)/C1=C\C(=N)Cc1ccc(F)cc1F. The highest BCUT2D eigenvalue weighted by Gasteiger charge is 2.40. The number of carbonyl (C=O) groups excluding carboxylic acids is 1. The molecule has 4 nitrogen and oxygen atoms in total. The standard InChI is InChI=1S/C18H21F2N3O/c1-4-16(24)23-10-18(2,3)17(22)15(23)9-13(21)7-11-5-6-12(19)8-14(11)20/h5-6,8-9,21-22H,4,7,10H2,1-3H3/b15-9+,21-13?,22-17?. The molecule has 1 heterocycles. The van der Waals surface area contributed by atoms with Crippen molar-refractivity contribution >= 4 is 17.3 Å². The summed E-state index contributed by atoms with van der Waals surface area (Å²) in [6.07, 6.45) is 1.71. The minimum absolute atomic E-state index is 0.0303. The number of amides is 1. The molecule has 1 aliphatic rings. The quantitative estimate of drug-likeness (QED) is 0.810. The Labute approximate surface area is 140 Å². The minimum atomic E-state index is -0.707. The van der Waals surface area contributed by atoms with Gasteiger partial charge in [0.2, 0.25) is 5.91 Å². The monoisotopic (exact) mass is 333 g/mol. The first kappa shape index (κ1) is 18.0. The van der Waals surface area contributed by atoms with E-state index in [1.54, 1.807) is 6.92 Å². The second-order valence-electron chi connectivity index (χ2n) is 6.56. The molecule has 128 valence electrons. The van der Waals surface area contributed by atoms with Crippen molar-refractivity contribution in [3.8, 4) is 0 Å². The smallest absolute Gasteiger partial charge is 0.226 e. The van der Waals surface area contributed by atoms with Crippen molar-refractivity contribution in [3.63, 3.8) is 0 Å². The van der Waals surface area contributed by atoms with E-state index in [-0.39, 0.29) is 29.3 Å². The van der Waals surface area contributed by atoms with Gasteiger partial charge in [0, 0.05) is 36.6 Å². The van der Waals surface area contributed by atoms with E-state index in [9.17, 15) is 13.6 Å². The number of nitrogens with one attached hydrogen (secondary N) is 2. The highest BCUT2D eigenvalue weighted by atomic mass is 19.1. The Kier molecular flexibility index (Phi) is 4.96. The topological polar surface area (TPSA) is 68.0 Å². The van der Waals surface area contributed by atoms with Gasteiger partial charge in [0.25, 0.3) is 0 Å². The van der Waals surface area contributed by atoms with E-state index in [1.165, 1.54) is 17.0 Å². The Morgan fingerprint density at radius 1 is 1.38 bits per heavy atom. The molecule has 1 aliphatic heterocycles. The summed E-state index contributed by atoms with van der Waals surface area (Å²) in [5.74, 6) is -1.49. The van der Waals surface area contributed by atoms with Crippen molar-refractivity contribution in [2.45, 2.75) is 33.6 Å². The van der Waals surface area contributed by atoms with Gasteiger partial charge in [0.15, 0.2) is 0 Å². The molecule has 0 saturated carbocycles. The summed E-state index contributed by atoms with van der Waals surface area (Å²) in [6, 6.07) is 3.23. The molecule has 6 heteroatoms. The third-order valence-electron chi connectivity index (χ3n) is 4.09. The fraction of sp³-hybridized carbons (Fsp3) is 0.389. The van der Waals surface area contributed by atoms with Gasteiger partial charge in [-0.1, -0.05) is 26.8 Å². The molecule has 1 fully saturated rings. The number of allylic oxidation sites excluding steroid dienone is 2. The molecule has 1 amide bonds. The van der Waals surface area contributed by atoms with Crippen LogP contribution in [0.4, 0.5) is 8.78 Å². The number of benzene rings is 1. The van der Waals surface area contributed by atoms with Crippen LogP contribution in [-0.2, 0) is 11.2 Å². The predicted octanol–water partition coefficient (Wildman–Crippen LogP) is 3.71. The zero-order chi connectivity index (χ0) is 18.1. The third kappa shape index (κ3) is 3.58. The zero-order valence-corrected chi connectivity index (χ0v) is 14.0. The number of carbonyl (C=O) groups is 1. The van der Waals surface area contributed by atoms with Crippen LogP contribution < -0.4 is 0 Å². The molecule has 0 aromatic heterocycles. The van der Waals surface area contributed by atoms with Crippen LogP contribution in [0.15, 0.2) is 30.0 Å². The van der Waals surface area contributed by atoms with Crippen LogP contribution in [-0.4, -0.2) is 28.8 Å². The summed E-state index contributed by atoms with van der Waals surface area (Å²) in [5, 5.41) is 16.3. The Bertz CT molecular complexity index is 738. The fourth-order valence-corrected chi connectivity index (χ4v) is 2.69. The van der Waals surface area contributed by atoms with Crippen LogP contribution in [0, 0.1) is 27.9 Å². The highest BCUT2D eigenvalue weighted by molar-refractivity contribution is 6.11. The average molecular weight is 333 g/mol. The normalized spacial score (nSPS) is 18.3. The number of likely N-dealkylation sites (tertiary alicyclic amines) is 1. The maximum absolute atomic E-state index is 13.7. The van der Waals surface area contributed by atoms with Crippen molar-refractivity contribution in [1.29, 1.82) is 10.8 Å². The summed E-state index contributed by atoms with van der Waals surface area (Å²) < 4.78 is 26.7. The fourth-order valence-electron chi connectivity index (χ4n) is 2.69. The lowest BCUT2D eigenvalue weighted by Crippen LogP contribution is -2.29. The van der Waals surface area contributed by atoms with Crippen LogP contribution in [0.3, 0.4) is 0 Å². The van der Waals surface area contributed by atoms with E-state index in [0.29, 0.717) is 18.7 Å². The van der Waals surface area contributed by atoms with Crippen LogP contribution in [0.5, 0.6) is 0 Å². The molecule has 0 radical (unpaired) electrons. The molecule has 1 aromatic carbocycles. The van der Waals surface area contributed by atoms with E-state index in [0.717, 1.165) is 12.1 Å². The Morgan fingerprint density at radius 3 is 2.62 bits per heavy atom. The van der Waals surface area contributed by atoms with Crippen molar-refractivity contribution in [1.82, 2.24) is 4.90 Å². The molecule has 0 atom stereocenters. The molecule has 0 aliphatic carbocycles. The second-order valence-corrected chi connectivity index (χ2v) is 6.56.